The van der Waals surface area contributed by atoms with E-state index in [1.165, 1.54) is 24.2 Å². The maximum atomic E-state index is 5.86. The zero-order chi connectivity index (χ0) is 18.1. The highest BCUT2D eigenvalue weighted by Gasteiger charge is 2.43. The van der Waals surface area contributed by atoms with Crippen LogP contribution < -0.4 is 4.74 Å². The van der Waals surface area contributed by atoms with Crippen LogP contribution in [0.25, 0.3) is 0 Å². The van der Waals surface area contributed by atoms with E-state index in [0.29, 0.717) is 6.04 Å². The number of rotatable bonds is 5. The maximum Gasteiger partial charge on any atom is 0.118 e. The standard InChI is InChI=1S/C21H29N3O2/c1-15-10-22-24(11-15)20-8-17-13-23(14-18(17)9-21(20)26-3)12-16-4-6-19(25-2)7-5-16/h4-7,10-11,17-18,20-21H,8-9,12-14H2,1-3H3/t17-,18+,20-,21-/m0/s1. The van der Waals surface area contributed by atoms with E-state index in [1.54, 1.807) is 7.11 Å². The molecule has 1 aromatic carbocycles. The summed E-state index contributed by atoms with van der Waals surface area (Å²) in [4.78, 5) is 2.60. The fourth-order valence-corrected chi connectivity index (χ4v) is 4.75. The highest BCUT2D eigenvalue weighted by molar-refractivity contribution is 5.27. The molecule has 1 aliphatic heterocycles. The lowest BCUT2D eigenvalue weighted by Gasteiger charge is -2.37. The number of likely N-dealkylation sites (tertiary alicyclic amines) is 1. The molecule has 0 spiro atoms. The molecule has 140 valence electrons. The maximum absolute atomic E-state index is 5.86. The van der Waals surface area contributed by atoms with Gasteiger partial charge in [-0.15, -0.1) is 0 Å². The topological polar surface area (TPSA) is 39.5 Å². The first kappa shape index (κ1) is 17.6. The van der Waals surface area contributed by atoms with Crippen molar-refractivity contribution in [3.63, 3.8) is 0 Å². The minimum atomic E-state index is 0.261. The summed E-state index contributed by atoms with van der Waals surface area (Å²) in [6.45, 7) is 5.45. The predicted octanol–water partition coefficient (Wildman–Crippen LogP) is 3.30. The Labute approximate surface area is 155 Å². The number of aryl methyl sites for hydroxylation is 1. The number of fused-ring (bicyclic) bond motifs is 1. The smallest absolute Gasteiger partial charge is 0.118 e. The molecule has 1 saturated heterocycles. The van der Waals surface area contributed by atoms with Crippen molar-refractivity contribution >= 4 is 0 Å². The van der Waals surface area contributed by atoms with Gasteiger partial charge in [0.1, 0.15) is 5.75 Å². The van der Waals surface area contributed by atoms with Gasteiger partial charge in [0, 0.05) is 32.9 Å². The average molecular weight is 355 g/mol. The molecule has 4 atom stereocenters. The number of nitrogens with zero attached hydrogens (tertiary/aromatic N) is 3. The fraction of sp³-hybridized carbons (Fsp3) is 0.571. The van der Waals surface area contributed by atoms with Crippen molar-refractivity contribution in [3.8, 4) is 5.75 Å². The van der Waals surface area contributed by atoms with E-state index < -0.39 is 0 Å². The summed E-state index contributed by atoms with van der Waals surface area (Å²) in [7, 11) is 3.56. The average Bonchev–Trinajstić information content (AvgIpc) is 3.26. The van der Waals surface area contributed by atoms with Gasteiger partial charge >= 0.3 is 0 Å². The van der Waals surface area contributed by atoms with Crippen LogP contribution in [0.1, 0.15) is 30.0 Å². The third-order valence-corrected chi connectivity index (χ3v) is 6.10. The second-order valence-corrected chi connectivity index (χ2v) is 7.87. The molecule has 0 radical (unpaired) electrons. The molecule has 0 N–H and O–H groups in total. The highest BCUT2D eigenvalue weighted by Crippen LogP contribution is 2.42. The minimum absolute atomic E-state index is 0.261. The summed E-state index contributed by atoms with van der Waals surface area (Å²) < 4.78 is 13.3. The lowest BCUT2D eigenvalue weighted by molar-refractivity contribution is -0.00488. The SMILES string of the molecule is COc1ccc(CN2C[C@H]3C[C@H](OC)[C@@H](n4cc(C)cn4)C[C@H]3C2)cc1. The zero-order valence-electron chi connectivity index (χ0n) is 16.0. The van der Waals surface area contributed by atoms with Gasteiger partial charge in [0.25, 0.3) is 0 Å². The molecule has 2 aliphatic rings. The van der Waals surface area contributed by atoms with E-state index in [1.807, 2.05) is 13.3 Å². The molecule has 0 unspecified atom stereocenters. The van der Waals surface area contributed by atoms with E-state index in [4.69, 9.17) is 9.47 Å². The van der Waals surface area contributed by atoms with Gasteiger partial charge in [0.05, 0.1) is 25.5 Å². The molecule has 0 bridgehead atoms. The van der Waals surface area contributed by atoms with Gasteiger partial charge in [-0.1, -0.05) is 12.1 Å². The van der Waals surface area contributed by atoms with Crippen molar-refractivity contribution in [2.45, 2.75) is 38.5 Å². The summed E-state index contributed by atoms with van der Waals surface area (Å²) in [5.74, 6) is 2.38. The fourth-order valence-electron chi connectivity index (χ4n) is 4.75. The van der Waals surface area contributed by atoms with Crippen molar-refractivity contribution in [2.24, 2.45) is 11.8 Å². The Morgan fingerprint density at radius 2 is 1.81 bits per heavy atom. The molecule has 0 amide bonds. The Morgan fingerprint density at radius 1 is 1.08 bits per heavy atom. The Kier molecular flexibility index (Phi) is 5.00. The second-order valence-electron chi connectivity index (χ2n) is 7.87. The van der Waals surface area contributed by atoms with E-state index in [2.05, 4.69) is 52.1 Å². The molecular weight excluding hydrogens is 326 g/mol. The van der Waals surface area contributed by atoms with Gasteiger partial charge in [-0.25, -0.2) is 0 Å². The first-order chi connectivity index (χ1) is 12.7. The Bertz CT molecular complexity index is 727. The van der Waals surface area contributed by atoms with Crippen LogP contribution in [0.4, 0.5) is 0 Å². The minimum Gasteiger partial charge on any atom is -0.497 e. The highest BCUT2D eigenvalue weighted by atomic mass is 16.5. The van der Waals surface area contributed by atoms with Crippen LogP contribution in [-0.2, 0) is 11.3 Å². The van der Waals surface area contributed by atoms with Crippen LogP contribution in [0, 0.1) is 18.8 Å². The second kappa shape index (κ2) is 7.41. The number of aromatic nitrogens is 2. The van der Waals surface area contributed by atoms with Gasteiger partial charge in [-0.3, -0.25) is 9.58 Å². The van der Waals surface area contributed by atoms with Gasteiger partial charge < -0.3 is 9.47 Å². The summed E-state index contributed by atoms with van der Waals surface area (Å²) in [5.41, 5.74) is 2.57. The van der Waals surface area contributed by atoms with Crippen LogP contribution >= 0.6 is 0 Å². The zero-order valence-corrected chi connectivity index (χ0v) is 16.0. The van der Waals surface area contributed by atoms with Crippen molar-refractivity contribution in [2.75, 3.05) is 27.3 Å². The summed E-state index contributed by atoms with van der Waals surface area (Å²) in [5, 5.41) is 4.57. The lowest BCUT2D eigenvalue weighted by Crippen LogP contribution is -2.37. The first-order valence-corrected chi connectivity index (χ1v) is 9.55. The molecule has 1 aromatic heterocycles. The summed E-state index contributed by atoms with van der Waals surface area (Å²) in [6, 6.07) is 8.81. The van der Waals surface area contributed by atoms with Crippen LogP contribution in [0.2, 0.25) is 0 Å². The van der Waals surface area contributed by atoms with E-state index in [0.717, 1.165) is 37.0 Å². The van der Waals surface area contributed by atoms with Crippen molar-refractivity contribution in [3.05, 3.63) is 47.8 Å². The Morgan fingerprint density at radius 3 is 2.42 bits per heavy atom. The van der Waals surface area contributed by atoms with E-state index in [9.17, 15) is 0 Å². The molecule has 4 rings (SSSR count). The lowest BCUT2D eigenvalue weighted by atomic mass is 9.77. The predicted molar refractivity (Wildman–Crippen MR) is 101 cm³/mol. The number of methoxy groups -OCH3 is 2. The summed E-state index contributed by atoms with van der Waals surface area (Å²) >= 11 is 0. The van der Waals surface area contributed by atoms with E-state index >= 15 is 0 Å². The molecular formula is C21H29N3O2. The largest absolute Gasteiger partial charge is 0.497 e. The van der Waals surface area contributed by atoms with Crippen LogP contribution in [0.3, 0.4) is 0 Å². The molecule has 1 saturated carbocycles. The van der Waals surface area contributed by atoms with E-state index in [-0.39, 0.29) is 6.10 Å². The van der Waals surface area contributed by atoms with Crippen LogP contribution in [0.15, 0.2) is 36.7 Å². The number of hydrogen-bond donors (Lipinski definition) is 0. The normalized spacial score (nSPS) is 28.9. The van der Waals surface area contributed by atoms with Crippen LogP contribution in [-0.4, -0.2) is 48.1 Å². The van der Waals surface area contributed by atoms with Gasteiger partial charge in [0.2, 0.25) is 0 Å². The number of benzene rings is 1. The van der Waals surface area contributed by atoms with Gasteiger partial charge in [0.15, 0.2) is 0 Å². The Hall–Kier alpha value is -1.85. The quantitative estimate of drug-likeness (QED) is 0.825. The monoisotopic (exact) mass is 355 g/mol. The molecule has 5 nitrogen and oxygen atoms in total. The van der Waals surface area contributed by atoms with Crippen molar-refractivity contribution < 1.29 is 9.47 Å². The molecule has 1 aliphatic carbocycles. The first-order valence-electron chi connectivity index (χ1n) is 9.55. The number of hydrogen-bond acceptors (Lipinski definition) is 4. The molecule has 2 fully saturated rings. The molecule has 26 heavy (non-hydrogen) atoms. The molecule has 2 heterocycles. The number of ether oxygens (including phenoxy) is 2. The molecule has 5 heteroatoms. The third-order valence-electron chi connectivity index (χ3n) is 6.10. The third kappa shape index (κ3) is 3.51. The summed E-state index contributed by atoms with van der Waals surface area (Å²) in [6.07, 6.45) is 6.65. The van der Waals surface area contributed by atoms with Crippen molar-refractivity contribution in [1.29, 1.82) is 0 Å². The molecule has 2 aromatic rings. The van der Waals surface area contributed by atoms with Gasteiger partial charge in [-0.2, -0.15) is 5.10 Å². The van der Waals surface area contributed by atoms with Crippen LogP contribution in [0.5, 0.6) is 5.75 Å². The van der Waals surface area contributed by atoms with Crippen molar-refractivity contribution in [1.82, 2.24) is 14.7 Å². The van der Waals surface area contributed by atoms with Gasteiger partial charge in [-0.05, 0) is 54.9 Å². The Balaban J connectivity index is 1.42.